The lowest BCUT2D eigenvalue weighted by atomic mass is 9.84. The maximum atomic E-state index is 14.1. The van der Waals surface area contributed by atoms with E-state index >= 15 is 0 Å². The van der Waals surface area contributed by atoms with Crippen LogP contribution in [-0.4, -0.2) is 48.4 Å². The quantitative estimate of drug-likeness (QED) is 0.702. The molecule has 2 aromatic carbocycles. The minimum Gasteiger partial charge on any atom is -0.385 e. The van der Waals surface area contributed by atoms with E-state index in [1.54, 1.807) is 12.1 Å². The highest BCUT2D eigenvalue weighted by molar-refractivity contribution is 6.30. The number of piperidine rings is 1. The summed E-state index contributed by atoms with van der Waals surface area (Å²) in [5.74, 6) is -0.680. The van der Waals surface area contributed by atoms with Gasteiger partial charge < -0.3 is 20.6 Å². The number of hydrogen-bond donors (Lipinski definition) is 3. The molecule has 0 spiro atoms. The first-order chi connectivity index (χ1) is 13.9. The molecular formula is C21H22ClFN4O2. The van der Waals surface area contributed by atoms with Crippen molar-refractivity contribution in [2.45, 2.75) is 24.7 Å². The van der Waals surface area contributed by atoms with E-state index in [4.69, 9.17) is 11.6 Å². The van der Waals surface area contributed by atoms with Crippen LogP contribution in [0.1, 0.15) is 28.8 Å². The minimum absolute atomic E-state index is 0.173. The summed E-state index contributed by atoms with van der Waals surface area (Å²) in [4.78, 5) is 16.7. The van der Waals surface area contributed by atoms with Gasteiger partial charge in [-0.2, -0.15) is 0 Å². The molecule has 8 heteroatoms. The maximum absolute atomic E-state index is 14.1. The van der Waals surface area contributed by atoms with E-state index in [2.05, 4.69) is 20.4 Å². The van der Waals surface area contributed by atoms with Gasteiger partial charge in [0.2, 0.25) is 0 Å². The normalized spacial score (nSPS) is 23.2. The predicted octanol–water partition coefficient (Wildman–Crippen LogP) is 2.72. The zero-order valence-electron chi connectivity index (χ0n) is 15.8. The largest absolute Gasteiger partial charge is 0.385 e. The Morgan fingerprint density at radius 2 is 1.86 bits per heavy atom. The Balaban J connectivity index is 1.38. The van der Waals surface area contributed by atoms with Crippen molar-refractivity contribution in [3.63, 3.8) is 0 Å². The fourth-order valence-electron chi connectivity index (χ4n) is 4.63. The molecule has 5 rings (SSSR count). The van der Waals surface area contributed by atoms with Crippen LogP contribution in [0.4, 0.5) is 15.8 Å². The fourth-order valence-corrected chi connectivity index (χ4v) is 4.75. The van der Waals surface area contributed by atoms with Gasteiger partial charge in [-0.1, -0.05) is 23.7 Å². The molecule has 3 aliphatic rings. The van der Waals surface area contributed by atoms with E-state index < -0.39 is 11.4 Å². The highest BCUT2D eigenvalue weighted by Crippen LogP contribution is 2.42. The van der Waals surface area contributed by atoms with Gasteiger partial charge in [-0.15, -0.1) is 0 Å². The summed E-state index contributed by atoms with van der Waals surface area (Å²) in [6.07, 6.45) is 0.984. The molecule has 3 N–H and O–H groups in total. The van der Waals surface area contributed by atoms with Crippen LogP contribution < -0.4 is 15.5 Å². The van der Waals surface area contributed by atoms with E-state index in [-0.39, 0.29) is 12.2 Å². The second-order valence-electron chi connectivity index (χ2n) is 7.89. The van der Waals surface area contributed by atoms with Crippen LogP contribution in [-0.2, 0) is 5.60 Å². The molecule has 3 aliphatic heterocycles. The van der Waals surface area contributed by atoms with Crippen LogP contribution >= 0.6 is 11.6 Å². The van der Waals surface area contributed by atoms with Crippen molar-refractivity contribution in [2.75, 3.05) is 36.4 Å². The molecule has 0 saturated carbocycles. The van der Waals surface area contributed by atoms with Crippen molar-refractivity contribution < 1.29 is 14.3 Å². The lowest BCUT2D eigenvalue weighted by Gasteiger charge is -2.43. The number of anilines is 2. The van der Waals surface area contributed by atoms with Crippen LogP contribution in [0, 0.1) is 5.82 Å². The Bertz CT molecular complexity index is 960. The van der Waals surface area contributed by atoms with Crippen LogP contribution in [0.15, 0.2) is 36.4 Å². The minimum atomic E-state index is -0.889. The molecule has 152 valence electrons. The fraction of sp³-hybridized carbons (Fsp3) is 0.381. The first-order valence-electron chi connectivity index (χ1n) is 9.82. The van der Waals surface area contributed by atoms with Crippen molar-refractivity contribution in [2.24, 2.45) is 0 Å². The Labute approximate surface area is 173 Å². The second-order valence-corrected chi connectivity index (χ2v) is 8.33. The second kappa shape index (κ2) is 6.86. The Kier molecular flexibility index (Phi) is 4.42. The number of carbonyl (C=O) groups is 1. The molecule has 1 amide bonds. The summed E-state index contributed by atoms with van der Waals surface area (Å²) in [5, 5.41) is 18.0. The number of rotatable bonds is 2. The summed E-state index contributed by atoms with van der Waals surface area (Å²) < 4.78 is 14.1. The van der Waals surface area contributed by atoms with Crippen molar-refractivity contribution >= 4 is 28.9 Å². The first kappa shape index (κ1) is 18.7. The van der Waals surface area contributed by atoms with Gasteiger partial charge in [-0.05, 0) is 42.7 Å². The molecular weight excluding hydrogens is 395 g/mol. The lowest BCUT2D eigenvalue weighted by molar-refractivity contribution is -0.0328. The SMILES string of the molecule is O=C1NCCN2c3c(cc(F)cc31)NC2N1CCC(O)(c2ccc(Cl)cc2)CC1. The molecule has 3 heterocycles. The summed E-state index contributed by atoms with van der Waals surface area (Å²) in [6, 6.07) is 10.1. The van der Waals surface area contributed by atoms with Gasteiger partial charge in [0, 0.05) is 31.2 Å². The van der Waals surface area contributed by atoms with Crippen LogP contribution in [0.2, 0.25) is 5.02 Å². The van der Waals surface area contributed by atoms with Crippen molar-refractivity contribution in [3.05, 3.63) is 58.4 Å². The van der Waals surface area contributed by atoms with Gasteiger partial charge in [-0.3, -0.25) is 9.69 Å². The molecule has 29 heavy (non-hydrogen) atoms. The highest BCUT2D eigenvalue weighted by atomic mass is 35.5. The number of aliphatic hydroxyl groups is 1. The van der Waals surface area contributed by atoms with Gasteiger partial charge in [0.05, 0.1) is 22.5 Å². The molecule has 0 aromatic heterocycles. The number of likely N-dealkylation sites (tertiary alicyclic amines) is 1. The molecule has 1 saturated heterocycles. The average molecular weight is 417 g/mol. The third-order valence-electron chi connectivity index (χ3n) is 6.18. The molecule has 0 radical (unpaired) electrons. The molecule has 1 unspecified atom stereocenters. The zero-order chi connectivity index (χ0) is 20.2. The molecule has 6 nitrogen and oxygen atoms in total. The number of nitrogens with one attached hydrogen (secondary N) is 2. The molecule has 1 fully saturated rings. The van der Waals surface area contributed by atoms with Gasteiger partial charge >= 0.3 is 0 Å². The summed E-state index contributed by atoms with van der Waals surface area (Å²) in [6.45, 7) is 2.46. The standard InChI is InChI=1S/C21H22ClFN4O2/c22-14-3-1-13(2-4-14)21(29)5-8-26(9-6-21)20-25-17-12-15(23)11-16-18(17)27(20)10-7-24-19(16)28/h1-4,11-12,20,25,29H,5-10H2,(H,24,28). The lowest BCUT2D eigenvalue weighted by Crippen LogP contribution is -2.55. The summed E-state index contributed by atoms with van der Waals surface area (Å²) >= 11 is 5.98. The number of nitrogens with zero attached hydrogens (tertiary/aromatic N) is 2. The van der Waals surface area contributed by atoms with Crippen molar-refractivity contribution in [1.82, 2.24) is 10.2 Å². The van der Waals surface area contributed by atoms with Crippen molar-refractivity contribution in [3.8, 4) is 0 Å². The van der Waals surface area contributed by atoms with E-state index in [0.717, 1.165) is 11.3 Å². The summed E-state index contributed by atoms with van der Waals surface area (Å²) in [7, 11) is 0. The molecule has 0 bridgehead atoms. The monoisotopic (exact) mass is 416 g/mol. The number of benzene rings is 2. The zero-order valence-corrected chi connectivity index (χ0v) is 16.5. The van der Waals surface area contributed by atoms with Gasteiger partial charge in [0.1, 0.15) is 5.82 Å². The van der Waals surface area contributed by atoms with Crippen LogP contribution in [0.25, 0.3) is 0 Å². The Hall–Kier alpha value is -2.35. The topological polar surface area (TPSA) is 67.8 Å². The van der Waals surface area contributed by atoms with Gasteiger partial charge in [0.25, 0.3) is 5.91 Å². The molecule has 0 aliphatic carbocycles. The number of amides is 1. The first-order valence-corrected chi connectivity index (χ1v) is 10.2. The average Bonchev–Trinajstić information content (AvgIpc) is 2.97. The van der Waals surface area contributed by atoms with Crippen LogP contribution in [0.3, 0.4) is 0 Å². The van der Waals surface area contributed by atoms with Crippen molar-refractivity contribution in [1.29, 1.82) is 0 Å². The number of carbonyl (C=O) groups excluding carboxylic acids is 1. The van der Waals surface area contributed by atoms with Gasteiger partial charge in [-0.25, -0.2) is 4.39 Å². The van der Waals surface area contributed by atoms with E-state index in [1.807, 2.05) is 12.1 Å². The maximum Gasteiger partial charge on any atom is 0.253 e. The number of hydrogen-bond acceptors (Lipinski definition) is 5. The number of halogens is 2. The third-order valence-corrected chi connectivity index (χ3v) is 6.43. The highest BCUT2D eigenvalue weighted by Gasteiger charge is 2.42. The smallest absolute Gasteiger partial charge is 0.253 e. The van der Waals surface area contributed by atoms with E-state index in [0.29, 0.717) is 55.3 Å². The molecule has 1 atom stereocenters. The predicted molar refractivity (Wildman–Crippen MR) is 110 cm³/mol. The van der Waals surface area contributed by atoms with E-state index in [1.165, 1.54) is 12.1 Å². The molecule has 2 aromatic rings. The Morgan fingerprint density at radius 1 is 1.14 bits per heavy atom. The Morgan fingerprint density at radius 3 is 2.59 bits per heavy atom. The van der Waals surface area contributed by atoms with Crippen LogP contribution in [0.5, 0.6) is 0 Å². The van der Waals surface area contributed by atoms with E-state index in [9.17, 15) is 14.3 Å². The van der Waals surface area contributed by atoms with Gasteiger partial charge in [0.15, 0.2) is 6.29 Å². The third kappa shape index (κ3) is 3.13. The summed E-state index contributed by atoms with van der Waals surface area (Å²) in [5.41, 5.74) is 1.74.